The van der Waals surface area contributed by atoms with Gasteiger partial charge in [0.1, 0.15) is 0 Å². The second-order valence-corrected chi connectivity index (χ2v) is 15.9. The highest BCUT2D eigenvalue weighted by atomic mass is 32.1. The standard InChI is InChI=1S/C55H37NS/c1-4-18-38(19-5-1)39-20-16-25-42(36-39)56(52-32-14-11-27-46(52)48-29-17-30-49-47-28-12-15-33-53(47)57-54(48)49)43-34-35-45-44-26-10-13-31-50(44)55(51(45)37-43,40-21-6-2-7-22-40)41-23-8-3-9-24-41/h1-37H. The van der Waals surface area contributed by atoms with Crippen molar-refractivity contribution in [1.29, 1.82) is 0 Å². The van der Waals surface area contributed by atoms with E-state index in [2.05, 4.69) is 229 Å². The minimum atomic E-state index is -0.510. The zero-order valence-corrected chi connectivity index (χ0v) is 32.0. The van der Waals surface area contributed by atoms with Crippen LogP contribution in [0.3, 0.4) is 0 Å². The van der Waals surface area contributed by atoms with Crippen molar-refractivity contribution in [2.75, 3.05) is 4.90 Å². The van der Waals surface area contributed by atoms with Crippen molar-refractivity contribution in [2.24, 2.45) is 0 Å². The molecular formula is C55H37NS. The Hall–Kier alpha value is -7.00. The molecule has 0 bridgehead atoms. The molecule has 0 amide bonds. The maximum atomic E-state index is 2.48. The van der Waals surface area contributed by atoms with Crippen LogP contribution in [0, 0.1) is 0 Å². The predicted molar refractivity (Wildman–Crippen MR) is 242 cm³/mol. The van der Waals surface area contributed by atoms with Crippen molar-refractivity contribution in [3.05, 3.63) is 247 Å². The van der Waals surface area contributed by atoms with Crippen molar-refractivity contribution in [2.45, 2.75) is 5.41 Å². The van der Waals surface area contributed by atoms with E-state index in [0.717, 1.165) is 17.1 Å². The van der Waals surface area contributed by atoms with Gasteiger partial charge in [-0.3, -0.25) is 0 Å². The normalized spacial score (nSPS) is 12.7. The minimum Gasteiger partial charge on any atom is -0.310 e. The molecule has 1 heterocycles. The fourth-order valence-electron chi connectivity index (χ4n) is 9.31. The molecule has 0 saturated carbocycles. The Morgan fingerprint density at radius 1 is 0.351 bits per heavy atom. The molecule has 1 nitrogen and oxygen atoms in total. The van der Waals surface area contributed by atoms with E-state index in [1.54, 1.807) is 0 Å². The Morgan fingerprint density at radius 3 is 1.70 bits per heavy atom. The molecule has 1 aromatic heterocycles. The number of hydrogen-bond acceptors (Lipinski definition) is 2. The number of fused-ring (bicyclic) bond motifs is 6. The average Bonchev–Trinajstić information content (AvgIpc) is 3.82. The maximum absolute atomic E-state index is 2.48. The molecule has 0 fully saturated rings. The largest absolute Gasteiger partial charge is 0.310 e. The molecule has 9 aromatic carbocycles. The first kappa shape index (κ1) is 33.3. The molecular weight excluding hydrogens is 707 g/mol. The van der Waals surface area contributed by atoms with E-state index in [0.29, 0.717) is 0 Å². The van der Waals surface area contributed by atoms with E-state index in [-0.39, 0.29) is 0 Å². The van der Waals surface area contributed by atoms with Crippen molar-refractivity contribution in [3.8, 4) is 33.4 Å². The predicted octanol–water partition coefficient (Wildman–Crippen LogP) is 15.2. The third-order valence-corrected chi connectivity index (χ3v) is 13.0. The quantitative estimate of drug-likeness (QED) is 0.157. The number of anilines is 3. The van der Waals surface area contributed by atoms with Crippen LogP contribution in [0.1, 0.15) is 22.3 Å². The zero-order valence-electron chi connectivity index (χ0n) is 31.2. The summed E-state index contributed by atoms with van der Waals surface area (Å²) >= 11 is 1.88. The fraction of sp³-hybridized carbons (Fsp3) is 0.0182. The van der Waals surface area contributed by atoms with Crippen LogP contribution in [0.2, 0.25) is 0 Å². The molecule has 10 aromatic rings. The Labute approximate surface area is 337 Å². The van der Waals surface area contributed by atoms with Crippen LogP contribution < -0.4 is 4.90 Å². The first-order valence-electron chi connectivity index (χ1n) is 19.6. The summed E-state index contributed by atoms with van der Waals surface area (Å²) < 4.78 is 2.61. The Bertz CT molecular complexity index is 3030. The van der Waals surface area contributed by atoms with Crippen LogP contribution in [-0.2, 0) is 5.41 Å². The second-order valence-electron chi connectivity index (χ2n) is 14.8. The van der Waals surface area contributed by atoms with Crippen LogP contribution in [0.15, 0.2) is 224 Å². The van der Waals surface area contributed by atoms with Gasteiger partial charge in [0.15, 0.2) is 0 Å². The van der Waals surface area contributed by atoms with Gasteiger partial charge < -0.3 is 4.90 Å². The molecule has 0 unspecified atom stereocenters. The molecule has 11 rings (SSSR count). The lowest BCUT2D eigenvalue weighted by Crippen LogP contribution is -2.28. The van der Waals surface area contributed by atoms with Gasteiger partial charge in [-0.1, -0.05) is 188 Å². The Balaban J connectivity index is 1.20. The van der Waals surface area contributed by atoms with Crippen LogP contribution in [0.5, 0.6) is 0 Å². The molecule has 0 spiro atoms. The monoisotopic (exact) mass is 743 g/mol. The number of para-hydroxylation sites is 1. The number of nitrogens with zero attached hydrogens (tertiary/aromatic N) is 1. The molecule has 2 heteroatoms. The van der Waals surface area contributed by atoms with Crippen molar-refractivity contribution in [3.63, 3.8) is 0 Å². The Kier molecular flexibility index (Phi) is 7.98. The number of rotatable bonds is 7. The molecule has 0 N–H and O–H groups in total. The minimum absolute atomic E-state index is 0.510. The molecule has 1 aliphatic carbocycles. The molecule has 57 heavy (non-hydrogen) atoms. The van der Waals surface area contributed by atoms with Crippen molar-refractivity contribution < 1.29 is 0 Å². The van der Waals surface area contributed by atoms with Crippen molar-refractivity contribution in [1.82, 2.24) is 0 Å². The van der Waals surface area contributed by atoms with E-state index in [1.165, 1.54) is 75.8 Å². The van der Waals surface area contributed by atoms with E-state index in [4.69, 9.17) is 0 Å². The first-order chi connectivity index (χ1) is 28.3. The number of thiophene rings is 1. The lowest BCUT2D eigenvalue weighted by Gasteiger charge is -2.35. The van der Waals surface area contributed by atoms with Gasteiger partial charge in [-0.2, -0.15) is 0 Å². The third kappa shape index (κ3) is 5.29. The van der Waals surface area contributed by atoms with E-state index in [9.17, 15) is 0 Å². The summed E-state index contributed by atoms with van der Waals surface area (Å²) in [6.45, 7) is 0. The third-order valence-electron chi connectivity index (χ3n) is 11.8. The lowest BCUT2D eigenvalue weighted by atomic mass is 9.67. The number of benzene rings is 9. The summed E-state index contributed by atoms with van der Waals surface area (Å²) in [5.41, 5.74) is 15.3. The van der Waals surface area contributed by atoms with Gasteiger partial charge in [-0.05, 0) is 80.9 Å². The SMILES string of the molecule is c1ccc(-c2cccc(N(c3ccc4c(c3)C(c3ccccc3)(c3ccccc3)c3ccccc3-4)c3ccccc3-c3cccc4c3sc3ccccc34)c2)cc1. The smallest absolute Gasteiger partial charge is 0.0714 e. The summed E-state index contributed by atoms with van der Waals surface area (Å²) in [5.74, 6) is 0. The highest BCUT2D eigenvalue weighted by Gasteiger charge is 2.46. The number of hydrogen-bond donors (Lipinski definition) is 0. The van der Waals surface area contributed by atoms with Crippen molar-refractivity contribution >= 4 is 48.6 Å². The molecule has 1 aliphatic rings. The molecule has 268 valence electrons. The molecule has 0 radical (unpaired) electrons. The first-order valence-corrected chi connectivity index (χ1v) is 20.4. The van der Waals surface area contributed by atoms with E-state index in [1.807, 2.05) is 11.3 Å². The van der Waals surface area contributed by atoms with Gasteiger partial charge in [0.05, 0.1) is 11.1 Å². The van der Waals surface area contributed by atoms with Gasteiger partial charge in [-0.25, -0.2) is 0 Å². The lowest BCUT2D eigenvalue weighted by molar-refractivity contribution is 0.768. The highest BCUT2D eigenvalue weighted by molar-refractivity contribution is 7.26. The molecule has 0 saturated heterocycles. The Morgan fingerprint density at radius 2 is 0.912 bits per heavy atom. The van der Waals surface area contributed by atoms with Crippen LogP contribution >= 0.6 is 11.3 Å². The summed E-state index contributed by atoms with van der Waals surface area (Å²) in [6.07, 6.45) is 0. The second kappa shape index (κ2) is 13.6. The van der Waals surface area contributed by atoms with Gasteiger partial charge >= 0.3 is 0 Å². The van der Waals surface area contributed by atoms with Gasteiger partial charge in [0, 0.05) is 42.7 Å². The van der Waals surface area contributed by atoms with Crippen LogP contribution in [0.4, 0.5) is 17.1 Å². The fourth-order valence-corrected chi connectivity index (χ4v) is 10.5. The van der Waals surface area contributed by atoms with E-state index < -0.39 is 5.41 Å². The van der Waals surface area contributed by atoms with Gasteiger partial charge in [0.2, 0.25) is 0 Å². The molecule has 0 atom stereocenters. The topological polar surface area (TPSA) is 3.24 Å². The summed E-state index contributed by atoms with van der Waals surface area (Å²) in [7, 11) is 0. The van der Waals surface area contributed by atoms with Gasteiger partial charge in [0.25, 0.3) is 0 Å². The summed E-state index contributed by atoms with van der Waals surface area (Å²) in [5, 5.41) is 2.60. The van der Waals surface area contributed by atoms with Gasteiger partial charge in [-0.15, -0.1) is 11.3 Å². The molecule has 0 aliphatic heterocycles. The maximum Gasteiger partial charge on any atom is 0.0714 e. The average molecular weight is 744 g/mol. The zero-order chi connectivity index (χ0) is 37.8. The van der Waals surface area contributed by atoms with Crippen LogP contribution in [-0.4, -0.2) is 0 Å². The van der Waals surface area contributed by atoms with Crippen LogP contribution in [0.25, 0.3) is 53.6 Å². The van der Waals surface area contributed by atoms with E-state index >= 15 is 0 Å². The highest BCUT2D eigenvalue weighted by Crippen LogP contribution is 2.57. The summed E-state index contributed by atoms with van der Waals surface area (Å²) in [6, 6.07) is 82.5. The summed E-state index contributed by atoms with van der Waals surface area (Å²) in [4.78, 5) is 2.48.